The Morgan fingerprint density at radius 3 is 2.58 bits per heavy atom. The number of rotatable bonds is 1. The fourth-order valence-corrected chi connectivity index (χ4v) is 4.43. The summed E-state index contributed by atoms with van der Waals surface area (Å²) in [5.41, 5.74) is 0.561. The summed E-state index contributed by atoms with van der Waals surface area (Å²) in [5.74, 6) is 0.205. The lowest BCUT2D eigenvalue weighted by molar-refractivity contribution is -0.122. The predicted molar refractivity (Wildman–Crippen MR) is 72.8 cm³/mol. The number of nitrogens with zero attached hydrogens (tertiary/aromatic N) is 1. The summed E-state index contributed by atoms with van der Waals surface area (Å²) in [7, 11) is -3.23. The molecule has 19 heavy (non-hydrogen) atoms. The third kappa shape index (κ3) is 2.16. The van der Waals surface area contributed by atoms with Crippen LogP contribution in [0.3, 0.4) is 0 Å². The summed E-state index contributed by atoms with van der Waals surface area (Å²) in [6, 6.07) is 6.83. The number of para-hydroxylation sites is 1. The van der Waals surface area contributed by atoms with Crippen LogP contribution in [-0.2, 0) is 14.6 Å². The van der Waals surface area contributed by atoms with E-state index in [9.17, 15) is 13.2 Å². The van der Waals surface area contributed by atoms with Crippen molar-refractivity contribution in [2.75, 3.05) is 17.2 Å². The maximum Gasteiger partial charge on any atom is 0.230 e. The molecule has 102 valence electrons. The van der Waals surface area contributed by atoms with Gasteiger partial charge in [-0.05, 0) is 25.0 Å². The minimum absolute atomic E-state index is 0.0302. The van der Waals surface area contributed by atoms with Crippen LogP contribution in [0, 0.1) is 5.92 Å². The van der Waals surface area contributed by atoms with Gasteiger partial charge in [-0.15, -0.1) is 0 Å². The van der Waals surface area contributed by atoms with Crippen LogP contribution >= 0.6 is 0 Å². The topological polar surface area (TPSA) is 54.5 Å². The van der Waals surface area contributed by atoms with Crippen LogP contribution in [0.4, 0.5) is 5.69 Å². The van der Waals surface area contributed by atoms with Gasteiger partial charge in [0.05, 0.1) is 16.3 Å². The fraction of sp³-hybridized carbons (Fsp3) is 0.500. The molecule has 0 atom stereocenters. The molecule has 0 spiro atoms. The Morgan fingerprint density at radius 2 is 1.84 bits per heavy atom. The van der Waals surface area contributed by atoms with Crippen LogP contribution in [0.5, 0.6) is 0 Å². The molecule has 1 heterocycles. The van der Waals surface area contributed by atoms with Crippen molar-refractivity contribution in [3.63, 3.8) is 0 Å². The van der Waals surface area contributed by atoms with Crippen molar-refractivity contribution in [2.24, 2.45) is 5.92 Å². The summed E-state index contributed by atoms with van der Waals surface area (Å²) < 4.78 is 24.0. The quantitative estimate of drug-likeness (QED) is 0.790. The Bertz CT molecular complexity index is 603. The highest BCUT2D eigenvalue weighted by molar-refractivity contribution is 7.91. The smallest absolute Gasteiger partial charge is 0.230 e. The summed E-state index contributed by atoms with van der Waals surface area (Å²) >= 11 is 0. The second-order valence-electron chi connectivity index (χ2n) is 5.26. The average molecular weight is 279 g/mol. The number of amides is 1. The first-order valence-electron chi connectivity index (χ1n) is 6.73. The van der Waals surface area contributed by atoms with E-state index < -0.39 is 9.84 Å². The number of hydrogen-bond acceptors (Lipinski definition) is 3. The first-order valence-corrected chi connectivity index (χ1v) is 8.38. The van der Waals surface area contributed by atoms with Gasteiger partial charge in [-0.2, -0.15) is 0 Å². The van der Waals surface area contributed by atoms with E-state index in [2.05, 4.69) is 0 Å². The molecule has 0 aromatic heterocycles. The van der Waals surface area contributed by atoms with Crippen LogP contribution in [-0.4, -0.2) is 26.6 Å². The summed E-state index contributed by atoms with van der Waals surface area (Å²) in [6.45, 7) is 0.286. The van der Waals surface area contributed by atoms with E-state index in [1.165, 1.54) is 0 Å². The molecule has 0 N–H and O–H groups in total. The van der Waals surface area contributed by atoms with Gasteiger partial charge in [0.1, 0.15) is 0 Å². The Hall–Kier alpha value is -1.36. The van der Waals surface area contributed by atoms with Gasteiger partial charge in [0.15, 0.2) is 9.84 Å². The molecular weight excluding hydrogens is 262 g/mol. The van der Waals surface area contributed by atoms with Crippen molar-refractivity contribution in [3.8, 4) is 0 Å². The van der Waals surface area contributed by atoms with Crippen LogP contribution in [0.25, 0.3) is 0 Å². The number of sulfone groups is 1. The largest absolute Gasteiger partial charge is 0.310 e. The highest BCUT2D eigenvalue weighted by Crippen LogP contribution is 2.34. The van der Waals surface area contributed by atoms with Gasteiger partial charge in [0, 0.05) is 12.5 Å². The summed E-state index contributed by atoms with van der Waals surface area (Å²) in [4.78, 5) is 14.5. The molecule has 1 aliphatic heterocycles. The molecular formula is C14H17NO3S. The Balaban J connectivity index is 1.98. The highest BCUT2D eigenvalue weighted by atomic mass is 32.2. The number of fused-ring (bicyclic) bond motifs is 1. The number of carbonyl (C=O) groups is 1. The van der Waals surface area contributed by atoms with Gasteiger partial charge in [-0.1, -0.05) is 25.0 Å². The molecule has 3 rings (SSSR count). The molecule has 1 aliphatic carbocycles. The minimum atomic E-state index is -3.23. The molecule has 5 heteroatoms. The zero-order valence-electron chi connectivity index (χ0n) is 10.7. The van der Waals surface area contributed by atoms with E-state index in [-0.39, 0.29) is 24.1 Å². The molecule has 1 saturated carbocycles. The van der Waals surface area contributed by atoms with Crippen LogP contribution in [0.1, 0.15) is 25.7 Å². The third-order valence-electron chi connectivity index (χ3n) is 4.05. The van der Waals surface area contributed by atoms with Gasteiger partial charge < -0.3 is 4.90 Å². The second-order valence-corrected chi connectivity index (χ2v) is 7.34. The zero-order chi connectivity index (χ0) is 13.5. The van der Waals surface area contributed by atoms with Crippen molar-refractivity contribution in [3.05, 3.63) is 24.3 Å². The van der Waals surface area contributed by atoms with E-state index in [4.69, 9.17) is 0 Å². The molecule has 1 fully saturated rings. The average Bonchev–Trinajstić information content (AvgIpc) is 2.92. The molecule has 0 saturated heterocycles. The van der Waals surface area contributed by atoms with Gasteiger partial charge in [0.2, 0.25) is 5.91 Å². The predicted octanol–water partition coefficient (Wildman–Crippen LogP) is 2.00. The van der Waals surface area contributed by atoms with E-state index in [1.54, 1.807) is 29.2 Å². The SMILES string of the molecule is O=C(C1CCCC1)N1CCS(=O)(=O)c2ccccc21. The lowest BCUT2D eigenvalue weighted by Gasteiger charge is -2.31. The highest BCUT2D eigenvalue weighted by Gasteiger charge is 2.35. The van der Waals surface area contributed by atoms with Gasteiger partial charge in [0.25, 0.3) is 0 Å². The monoisotopic (exact) mass is 279 g/mol. The van der Waals surface area contributed by atoms with Crippen molar-refractivity contribution in [2.45, 2.75) is 30.6 Å². The molecule has 1 aromatic carbocycles. The van der Waals surface area contributed by atoms with E-state index in [0.29, 0.717) is 10.6 Å². The molecule has 0 radical (unpaired) electrons. The number of hydrogen-bond donors (Lipinski definition) is 0. The maximum atomic E-state index is 12.5. The fourth-order valence-electron chi connectivity index (χ4n) is 3.01. The van der Waals surface area contributed by atoms with Crippen LogP contribution in [0.2, 0.25) is 0 Å². The van der Waals surface area contributed by atoms with Crippen LogP contribution in [0.15, 0.2) is 29.2 Å². The Kier molecular flexibility index (Phi) is 3.09. The molecule has 1 amide bonds. The van der Waals surface area contributed by atoms with Crippen LogP contribution < -0.4 is 4.90 Å². The minimum Gasteiger partial charge on any atom is -0.310 e. The number of anilines is 1. The lowest BCUT2D eigenvalue weighted by Crippen LogP contribution is -2.42. The summed E-state index contributed by atoms with van der Waals surface area (Å²) in [5, 5.41) is 0. The third-order valence-corrected chi connectivity index (χ3v) is 5.78. The Labute approximate surface area is 113 Å². The number of benzene rings is 1. The lowest BCUT2D eigenvalue weighted by atomic mass is 10.1. The van der Waals surface area contributed by atoms with Gasteiger partial charge >= 0.3 is 0 Å². The van der Waals surface area contributed by atoms with E-state index in [1.807, 2.05) is 0 Å². The van der Waals surface area contributed by atoms with Gasteiger partial charge in [-0.25, -0.2) is 8.42 Å². The number of carbonyl (C=O) groups excluding carboxylic acids is 1. The standard InChI is InChI=1S/C14H17NO3S/c16-14(11-5-1-2-6-11)15-9-10-19(17,18)13-8-4-3-7-12(13)15/h3-4,7-8,11H,1-2,5-6,9-10H2. The molecule has 0 unspecified atom stereocenters. The second kappa shape index (κ2) is 4.63. The van der Waals surface area contributed by atoms with E-state index >= 15 is 0 Å². The summed E-state index contributed by atoms with van der Waals surface area (Å²) in [6.07, 6.45) is 4.07. The maximum absolute atomic E-state index is 12.5. The van der Waals surface area contributed by atoms with E-state index in [0.717, 1.165) is 25.7 Å². The van der Waals surface area contributed by atoms with Crippen molar-refractivity contribution < 1.29 is 13.2 Å². The first-order chi connectivity index (χ1) is 9.09. The normalized spacial score (nSPS) is 22.2. The van der Waals surface area contributed by atoms with Crippen molar-refractivity contribution in [1.29, 1.82) is 0 Å². The first kappa shape index (κ1) is 12.7. The zero-order valence-corrected chi connectivity index (χ0v) is 11.5. The molecule has 2 aliphatic rings. The Morgan fingerprint density at radius 1 is 1.16 bits per heavy atom. The molecule has 4 nitrogen and oxygen atoms in total. The van der Waals surface area contributed by atoms with Gasteiger partial charge in [-0.3, -0.25) is 4.79 Å². The molecule has 1 aromatic rings. The van der Waals surface area contributed by atoms with Crippen molar-refractivity contribution >= 4 is 21.4 Å². The molecule has 0 bridgehead atoms. The van der Waals surface area contributed by atoms with Crippen molar-refractivity contribution in [1.82, 2.24) is 0 Å².